The van der Waals surface area contributed by atoms with Crippen LogP contribution in [0.4, 0.5) is 0 Å². The quantitative estimate of drug-likeness (QED) is 0.839. The molecule has 0 aliphatic carbocycles. The normalized spacial score (nSPS) is 19.0. The lowest BCUT2D eigenvalue weighted by Gasteiger charge is -2.25. The van der Waals surface area contributed by atoms with Gasteiger partial charge in [0.05, 0.1) is 18.2 Å². The largest absolute Gasteiger partial charge is 0.497 e. The topological polar surface area (TPSA) is 46.6 Å². The second-order valence-electron chi connectivity index (χ2n) is 5.48. The summed E-state index contributed by atoms with van der Waals surface area (Å²) < 4.78 is 32.7. The number of rotatable bonds is 4. The molecule has 1 heterocycles. The van der Waals surface area contributed by atoms with Gasteiger partial charge in [0.2, 0.25) is 10.0 Å². The van der Waals surface area contributed by atoms with Crippen LogP contribution in [0.1, 0.15) is 24.4 Å². The first-order chi connectivity index (χ1) is 11.0. The van der Waals surface area contributed by atoms with Crippen molar-refractivity contribution in [3.8, 4) is 5.75 Å². The van der Waals surface area contributed by atoms with Crippen LogP contribution in [-0.2, 0) is 10.0 Å². The second-order valence-corrected chi connectivity index (χ2v) is 7.74. The van der Waals surface area contributed by atoms with Crippen molar-refractivity contribution in [3.63, 3.8) is 0 Å². The predicted octanol–water partition coefficient (Wildman–Crippen LogP) is 3.87. The van der Waals surface area contributed by atoms with Gasteiger partial charge in [0.25, 0.3) is 0 Å². The Kier molecular flexibility index (Phi) is 4.62. The summed E-state index contributed by atoms with van der Waals surface area (Å²) in [6.07, 6.45) is 1.64. The fourth-order valence-corrected chi connectivity index (χ4v) is 5.14. The van der Waals surface area contributed by atoms with E-state index in [0.717, 1.165) is 24.2 Å². The van der Waals surface area contributed by atoms with Crippen LogP contribution < -0.4 is 4.74 Å². The van der Waals surface area contributed by atoms with Crippen LogP contribution in [0.2, 0.25) is 5.02 Å². The molecule has 0 saturated carbocycles. The van der Waals surface area contributed by atoms with E-state index < -0.39 is 10.0 Å². The number of sulfonamides is 1. The van der Waals surface area contributed by atoms with Gasteiger partial charge in [-0.3, -0.25) is 0 Å². The molecule has 2 aromatic rings. The lowest BCUT2D eigenvalue weighted by molar-refractivity contribution is 0.394. The molecule has 23 heavy (non-hydrogen) atoms. The Morgan fingerprint density at radius 2 is 1.83 bits per heavy atom. The third kappa shape index (κ3) is 3.09. The van der Waals surface area contributed by atoms with Gasteiger partial charge < -0.3 is 4.74 Å². The van der Waals surface area contributed by atoms with Crippen molar-refractivity contribution >= 4 is 21.6 Å². The maximum Gasteiger partial charge on any atom is 0.245 e. The van der Waals surface area contributed by atoms with Gasteiger partial charge in [-0.05, 0) is 42.7 Å². The van der Waals surface area contributed by atoms with E-state index in [1.54, 1.807) is 35.7 Å². The maximum absolute atomic E-state index is 13.0. The summed E-state index contributed by atoms with van der Waals surface area (Å²) in [7, 11) is -2.00. The highest BCUT2D eigenvalue weighted by Gasteiger charge is 2.37. The van der Waals surface area contributed by atoms with Crippen molar-refractivity contribution < 1.29 is 13.2 Å². The van der Waals surface area contributed by atoms with Gasteiger partial charge in [-0.1, -0.05) is 35.9 Å². The Balaban J connectivity index is 1.96. The summed E-state index contributed by atoms with van der Waals surface area (Å²) >= 11 is 6.10. The molecule has 6 heteroatoms. The third-order valence-electron chi connectivity index (χ3n) is 4.13. The molecular formula is C17H18ClNO3S. The zero-order valence-electron chi connectivity index (χ0n) is 12.8. The van der Waals surface area contributed by atoms with Crippen LogP contribution in [0.25, 0.3) is 0 Å². The maximum atomic E-state index is 13.0. The van der Waals surface area contributed by atoms with Crippen molar-refractivity contribution in [2.45, 2.75) is 23.8 Å². The van der Waals surface area contributed by atoms with E-state index in [1.165, 1.54) is 0 Å². The Hall–Kier alpha value is -1.56. The van der Waals surface area contributed by atoms with E-state index in [0.29, 0.717) is 6.54 Å². The minimum Gasteiger partial charge on any atom is -0.497 e. The molecule has 1 fully saturated rings. The summed E-state index contributed by atoms with van der Waals surface area (Å²) in [6, 6.07) is 14.0. The number of ether oxygens (including phenoxy) is 1. The summed E-state index contributed by atoms with van der Waals surface area (Å²) in [4.78, 5) is 0.169. The molecular weight excluding hydrogens is 334 g/mol. The highest BCUT2D eigenvalue weighted by molar-refractivity contribution is 7.89. The number of halogens is 1. The number of benzene rings is 2. The average Bonchev–Trinajstić information content (AvgIpc) is 3.05. The van der Waals surface area contributed by atoms with Gasteiger partial charge in [-0.2, -0.15) is 4.31 Å². The fourth-order valence-electron chi connectivity index (χ4n) is 2.97. The molecule has 1 unspecified atom stereocenters. The molecule has 122 valence electrons. The second kappa shape index (κ2) is 6.51. The van der Waals surface area contributed by atoms with Crippen LogP contribution in [0, 0.1) is 0 Å². The average molecular weight is 352 g/mol. The molecule has 0 aromatic heterocycles. The molecule has 2 aromatic carbocycles. The molecule has 1 atom stereocenters. The van der Waals surface area contributed by atoms with Gasteiger partial charge >= 0.3 is 0 Å². The molecule has 1 saturated heterocycles. The van der Waals surface area contributed by atoms with E-state index in [-0.39, 0.29) is 16.0 Å². The van der Waals surface area contributed by atoms with Crippen molar-refractivity contribution in [2.24, 2.45) is 0 Å². The van der Waals surface area contributed by atoms with E-state index in [4.69, 9.17) is 16.3 Å². The summed E-state index contributed by atoms with van der Waals surface area (Å²) in [5, 5.41) is 0.257. The van der Waals surface area contributed by atoms with Gasteiger partial charge in [-0.25, -0.2) is 8.42 Å². The number of hydrogen-bond acceptors (Lipinski definition) is 3. The first-order valence-corrected chi connectivity index (χ1v) is 9.26. The minimum atomic E-state index is -3.61. The van der Waals surface area contributed by atoms with Gasteiger partial charge in [0, 0.05) is 6.54 Å². The Bertz CT molecular complexity index is 790. The highest BCUT2D eigenvalue weighted by atomic mass is 35.5. The molecule has 0 bridgehead atoms. The predicted molar refractivity (Wildman–Crippen MR) is 90.3 cm³/mol. The van der Waals surface area contributed by atoms with Crippen LogP contribution >= 0.6 is 11.6 Å². The Labute approximate surface area is 141 Å². The van der Waals surface area contributed by atoms with E-state index in [2.05, 4.69) is 0 Å². The van der Waals surface area contributed by atoms with Crippen molar-refractivity contribution in [1.29, 1.82) is 0 Å². The summed E-state index contributed by atoms with van der Waals surface area (Å²) in [6.45, 7) is 0.504. The van der Waals surface area contributed by atoms with E-state index in [1.807, 2.05) is 24.3 Å². The first kappa shape index (κ1) is 16.3. The van der Waals surface area contributed by atoms with Gasteiger partial charge in [-0.15, -0.1) is 0 Å². The Morgan fingerprint density at radius 3 is 2.48 bits per heavy atom. The van der Waals surface area contributed by atoms with Crippen molar-refractivity contribution in [1.82, 2.24) is 4.31 Å². The number of nitrogens with zero attached hydrogens (tertiary/aromatic N) is 1. The Morgan fingerprint density at radius 1 is 1.13 bits per heavy atom. The van der Waals surface area contributed by atoms with Crippen molar-refractivity contribution in [2.75, 3.05) is 13.7 Å². The molecule has 0 spiro atoms. The monoisotopic (exact) mass is 351 g/mol. The molecule has 1 aliphatic heterocycles. The number of methoxy groups -OCH3 is 1. The molecule has 0 radical (unpaired) electrons. The molecule has 0 N–H and O–H groups in total. The van der Waals surface area contributed by atoms with Crippen LogP contribution in [0.5, 0.6) is 5.75 Å². The van der Waals surface area contributed by atoms with Crippen LogP contribution in [0.15, 0.2) is 53.4 Å². The highest BCUT2D eigenvalue weighted by Crippen LogP contribution is 2.38. The molecule has 1 aliphatic rings. The fraction of sp³-hybridized carbons (Fsp3) is 0.294. The number of hydrogen-bond donors (Lipinski definition) is 0. The molecule has 0 amide bonds. The van der Waals surface area contributed by atoms with Crippen LogP contribution in [0.3, 0.4) is 0 Å². The van der Waals surface area contributed by atoms with E-state index in [9.17, 15) is 8.42 Å². The lowest BCUT2D eigenvalue weighted by Crippen LogP contribution is -2.30. The minimum absolute atomic E-state index is 0.165. The van der Waals surface area contributed by atoms with Gasteiger partial charge in [0.15, 0.2) is 0 Å². The van der Waals surface area contributed by atoms with Gasteiger partial charge in [0.1, 0.15) is 10.6 Å². The smallest absolute Gasteiger partial charge is 0.245 e. The zero-order valence-corrected chi connectivity index (χ0v) is 14.3. The SMILES string of the molecule is COc1ccc(C2CCCN2S(=O)(=O)c2ccccc2Cl)cc1. The summed E-state index contributed by atoms with van der Waals surface area (Å²) in [5.41, 5.74) is 0.971. The zero-order chi connectivity index (χ0) is 16.4. The lowest BCUT2D eigenvalue weighted by atomic mass is 10.1. The first-order valence-electron chi connectivity index (χ1n) is 7.44. The standard InChI is InChI=1S/C17H18ClNO3S/c1-22-14-10-8-13(9-11-14)16-6-4-12-19(16)23(20,21)17-7-3-2-5-15(17)18/h2-3,5,7-11,16H,4,6,12H2,1H3. The van der Waals surface area contributed by atoms with E-state index >= 15 is 0 Å². The summed E-state index contributed by atoms with van der Waals surface area (Å²) in [5.74, 6) is 0.757. The third-order valence-corrected chi connectivity index (χ3v) is 6.54. The molecule has 4 nitrogen and oxygen atoms in total. The van der Waals surface area contributed by atoms with Crippen LogP contribution in [-0.4, -0.2) is 26.4 Å². The van der Waals surface area contributed by atoms with Crippen molar-refractivity contribution in [3.05, 3.63) is 59.1 Å². The molecule has 3 rings (SSSR count).